The number of ether oxygens (including phenoxy) is 1. The lowest BCUT2D eigenvalue weighted by Gasteiger charge is -2.16. The van der Waals surface area contributed by atoms with Crippen molar-refractivity contribution in [3.8, 4) is 0 Å². The number of hydrogen-bond acceptors (Lipinski definition) is 4. The molecule has 5 heteroatoms. The zero-order valence-corrected chi connectivity index (χ0v) is 8.75. The van der Waals surface area contributed by atoms with Gasteiger partial charge in [-0.25, -0.2) is 4.85 Å². The maximum absolute atomic E-state index is 11.1. The minimum Gasteiger partial charge on any atom is -0.468 e. The van der Waals surface area contributed by atoms with Crippen molar-refractivity contribution in [1.29, 1.82) is 0 Å². The highest BCUT2D eigenvalue weighted by Crippen LogP contribution is 2.20. The number of rotatable bonds is 3. The van der Waals surface area contributed by atoms with Crippen LogP contribution in [0.4, 0.5) is 5.69 Å². The van der Waals surface area contributed by atoms with Gasteiger partial charge in [0, 0.05) is 0 Å². The lowest BCUT2D eigenvalue weighted by Crippen LogP contribution is -2.37. The third kappa shape index (κ3) is 2.57. The molecule has 1 rings (SSSR count). The molecule has 1 aromatic rings. The topological polar surface area (TPSA) is 76.9 Å². The molecule has 0 heterocycles. The zero-order chi connectivity index (χ0) is 12.1. The van der Waals surface area contributed by atoms with E-state index >= 15 is 0 Å². The molecule has 0 aliphatic heterocycles. The van der Waals surface area contributed by atoms with Gasteiger partial charge in [0.25, 0.3) is 0 Å². The lowest BCUT2D eigenvalue weighted by molar-refractivity contribution is -0.145. The SMILES string of the molecule is [C-]#[N+]c1ccc(C(O)C(N)C(=O)OC)cc1. The van der Waals surface area contributed by atoms with E-state index in [1.807, 2.05) is 0 Å². The summed E-state index contributed by atoms with van der Waals surface area (Å²) in [5.74, 6) is -0.679. The van der Waals surface area contributed by atoms with Gasteiger partial charge in [0.1, 0.15) is 12.1 Å². The van der Waals surface area contributed by atoms with Crippen LogP contribution < -0.4 is 5.73 Å². The Balaban J connectivity index is 2.84. The number of nitrogens with two attached hydrogens (primary N) is 1. The van der Waals surface area contributed by atoms with Crippen LogP contribution in [0.1, 0.15) is 11.7 Å². The molecule has 84 valence electrons. The third-order valence-electron chi connectivity index (χ3n) is 2.18. The Morgan fingerprint density at radius 3 is 2.50 bits per heavy atom. The van der Waals surface area contributed by atoms with Crippen LogP contribution in [0, 0.1) is 6.57 Å². The number of carbonyl (C=O) groups excluding carboxylic acids is 1. The molecule has 3 N–H and O–H groups in total. The average molecular weight is 220 g/mol. The molecule has 0 fully saturated rings. The first-order chi connectivity index (χ1) is 7.60. The Hall–Kier alpha value is -1.90. The third-order valence-corrected chi connectivity index (χ3v) is 2.18. The van der Waals surface area contributed by atoms with Gasteiger partial charge in [0.05, 0.1) is 13.7 Å². The fraction of sp³-hybridized carbons (Fsp3) is 0.273. The average Bonchev–Trinajstić information content (AvgIpc) is 2.36. The molecule has 0 amide bonds. The van der Waals surface area contributed by atoms with E-state index in [0.717, 1.165) is 0 Å². The van der Waals surface area contributed by atoms with Gasteiger partial charge in [-0.1, -0.05) is 24.3 Å². The number of carbonyl (C=O) groups is 1. The van der Waals surface area contributed by atoms with Crippen LogP contribution >= 0.6 is 0 Å². The van der Waals surface area contributed by atoms with Crippen molar-refractivity contribution >= 4 is 11.7 Å². The largest absolute Gasteiger partial charge is 0.468 e. The van der Waals surface area contributed by atoms with Gasteiger partial charge in [-0.05, 0) is 5.56 Å². The van der Waals surface area contributed by atoms with Crippen molar-refractivity contribution in [2.24, 2.45) is 5.73 Å². The molecule has 2 unspecified atom stereocenters. The fourth-order valence-corrected chi connectivity index (χ4v) is 1.22. The van der Waals surface area contributed by atoms with Crippen LogP contribution in [0.25, 0.3) is 4.85 Å². The standard InChI is InChI=1S/C11H12N2O3/c1-13-8-5-3-7(4-6-8)10(14)9(12)11(15)16-2/h3-6,9-10,14H,12H2,2H3. The molecule has 0 radical (unpaired) electrons. The molecule has 0 spiro atoms. The Kier molecular flexibility index (Phi) is 4.00. The van der Waals surface area contributed by atoms with Gasteiger partial charge < -0.3 is 15.6 Å². The highest BCUT2D eigenvalue weighted by molar-refractivity contribution is 5.76. The van der Waals surface area contributed by atoms with Gasteiger partial charge in [0.2, 0.25) is 0 Å². The van der Waals surface area contributed by atoms with Crippen molar-refractivity contribution in [2.75, 3.05) is 7.11 Å². The number of benzene rings is 1. The molecule has 16 heavy (non-hydrogen) atoms. The van der Waals surface area contributed by atoms with Crippen molar-refractivity contribution in [1.82, 2.24) is 0 Å². The molecular weight excluding hydrogens is 208 g/mol. The number of aliphatic hydroxyl groups excluding tert-OH is 1. The van der Waals surface area contributed by atoms with Crippen molar-refractivity contribution in [3.05, 3.63) is 41.2 Å². The van der Waals surface area contributed by atoms with Gasteiger partial charge in [-0.2, -0.15) is 0 Å². The molecule has 0 aliphatic rings. The summed E-state index contributed by atoms with van der Waals surface area (Å²) in [7, 11) is 1.21. The number of aliphatic hydroxyl groups is 1. The van der Waals surface area contributed by atoms with E-state index in [-0.39, 0.29) is 0 Å². The number of hydrogen-bond donors (Lipinski definition) is 2. The van der Waals surface area contributed by atoms with Crippen LogP contribution in [0.15, 0.2) is 24.3 Å². The van der Waals surface area contributed by atoms with Crippen molar-refractivity contribution in [2.45, 2.75) is 12.1 Å². The number of methoxy groups -OCH3 is 1. The monoisotopic (exact) mass is 220 g/mol. The maximum Gasteiger partial charge on any atom is 0.325 e. The van der Waals surface area contributed by atoms with Crippen LogP contribution in [0.2, 0.25) is 0 Å². The fourth-order valence-electron chi connectivity index (χ4n) is 1.22. The number of esters is 1. The van der Waals surface area contributed by atoms with Gasteiger partial charge in [-0.3, -0.25) is 4.79 Å². The summed E-state index contributed by atoms with van der Waals surface area (Å²) in [5, 5.41) is 9.75. The second-order valence-electron chi connectivity index (χ2n) is 3.20. The molecule has 5 nitrogen and oxygen atoms in total. The smallest absolute Gasteiger partial charge is 0.325 e. The Morgan fingerprint density at radius 2 is 2.06 bits per heavy atom. The Morgan fingerprint density at radius 1 is 1.50 bits per heavy atom. The first-order valence-electron chi connectivity index (χ1n) is 4.59. The summed E-state index contributed by atoms with van der Waals surface area (Å²) in [6.07, 6.45) is -1.13. The predicted molar refractivity (Wildman–Crippen MR) is 57.7 cm³/mol. The van der Waals surface area contributed by atoms with Gasteiger partial charge >= 0.3 is 5.97 Å². The van der Waals surface area contributed by atoms with Crippen molar-refractivity contribution in [3.63, 3.8) is 0 Å². The molecule has 1 aromatic carbocycles. The summed E-state index contributed by atoms with van der Waals surface area (Å²) in [4.78, 5) is 14.3. The molecule has 0 aliphatic carbocycles. The summed E-state index contributed by atoms with van der Waals surface area (Å²) in [5.41, 5.74) is 6.43. The van der Waals surface area contributed by atoms with E-state index in [2.05, 4.69) is 9.58 Å². The highest BCUT2D eigenvalue weighted by atomic mass is 16.5. The molecule has 0 bridgehead atoms. The minimum atomic E-state index is -1.13. The summed E-state index contributed by atoms with van der Waals surface area (Å²) >= 11 is 0. The number of nitrogens with zero attached hydrogens (tertiary/aromatic N) is 1. The van der Waals surface area contributed by atoms with E-state index in [9.17, 15) is 9.90 Å². The van der Waals surface area contributed by atoms with E-state index in [4.69, 9.17) is 12.3 Å². The minimum absolute atomic E-state index is 0.461. The van der Waals surface area contributed by atoms with E-state index in [1.54, 1.807) is 24.3 Å². The summed E-state index contributed by atoms with van der Waals surface area (Å²) in [6, 6.07) is 5.09. The van der Waals surface area contributed by atoms with Crippen molar-refractivity contribution < 1.29 is 14.6 Å². The van der Waals surface area contributed by atoms with Crippen LogP contribution in [-0.4, -0.2) is 24.2 Å². The zero-order valence-electron chi connectivity index (χ0n) is 8.75. The van der Waals surface area contributed by atoms with Gasteiger partial charge in [-0.15, -0.1) is 0 Å². The second-order valence-corrected chi connectivity index (χ2v) is 3.20. The van der Waals surface area contributed by atoms with E-state index < -0.39 is 18.1 Å². The van der Waals surface area contributed by atoms with Gasteiger partial charge in [0.15, 0.2) is 5.69 Å². The first-order valence-corrected chi connectivity index (χ1v) is 4.59. The molecule has 0 saturated carbocycles. The predicted octanol–water partition coefficient (Wildman–Crippen LogP) is 0.771. The van der Waals surface area contributed by atoms with E-state index in [0.29, 0.717) is 11.3 Å². The molecular formula is C11H12N2O3. The molecule has 2 atom stereocenters. The lowest BCUT2D eigenvalue weighted by atomic mass is 10.0. The molecule has 0 saturated heterocycles. The summed E-state index contributed by atoms with van der Waals surface area (Å²) in [6.45, 7) is 6.77. The maximum atomic E-state index is 11.1. The van der Waals surface area contributed by atoms with Crippen LogP contribution in [0.3, 0.4) is 0 Å². The highest BCUT2D eigenvalue weighted by Gasteiger charge is 2.24. The van der Waals surface area contributed by atoms with Crippen LogP contribution in [0.5, 0.6) is 0 Å². The molecule has 0 aromatic heterocycles. The van der Waals surface area contributed by atoms with E-state index in [1.165, 1.54) is 7.11 Å². The Labute approximate surface area is 93.3 Å². The normalized spacial score (nSPS) is 13.6. The quantitative estimate of drug-likeness (QED) is 0.582. The first kappa shape index (κ1) is 12.2. The van der Waals surface area contributed by atoms with Crippen LogP contribution in [-0.2, 0) is 9.53 Å². The second kappa shape index (κ2) is 5.26. The summed E-state index contributed by atoms with van der Waals surface area (Å²) < 4.78 is 4.43. The Bertz CT molecular complexity index is 408.